The third-order valence-electron chi connectivity index (χ3n) is 20.1. The molecule has 20 rings (SSSR count). The van der Waals surface area contributed by atoms with E-state index >= 15 is 0 Å². The molecule has 102 heavy (non-hydrogen) atoms. The Labute approximate surface area is 587 Å². The van der Waals surface area contributed by atoms with Crippen molar-refractivity contribution in [2.45, 2.75) is 0 Å². The molecule has 0 spiro atoms. The van der Waals surface area contributed by atoms with Crippen molar-refractivity contribution < 1.29 is 8.83 Å². The first-order valence-electron chi connectivity index (χ1n) is 34.5. The molecule has 16 aromatic carbocycles. The minimum absolute atomic E-state index is 0.541. The lowest BCUT2D eigenvalue weighted by atomic mass is 9.99. The minimum Gasteiger partial charge on any atom is -0.436 e. The molecule has 0 amide bonds. The molecule has 0 unspecified atom stereocenters. The van der Waals surface area contributed by atoms with Crippen LogP contribution in [0.3, 0.4) is 0 Å². The van der Waals surface area contributed by atoms with Gasteiger partial charge in [-0.1, -0.05) is 237 Å². The lowest BCUT2D eigenvalue weighted by molar-refractivity contribution is 0.620. The monoisotopic (exact) mass is 1300 g/mol. The van der Waals surface area contributed by atoms with Crippen molar-refractivity contribution in [2.75, 3.05) is 9.80 Å². The second-order valence-corrected chi connectivity index (χ2v) is 26.0. The summed E-state index contributed by atoms with van der Waals surface area (Å²) in [5.41, 5.74) is 23.9. The average molecular weight is 1310 g/mol. The number of oxazole rings is 2. The van der Waals surface area contributed by atoms with Crippen molar-refractivity contribution in [1.29, 1.82) is 0 Å². The van der Waals surface area contributed by atoms with Crippen LogP contribution in [0.5, 0.6) is 0 Å². The maximum atomic E-state index is 7.24. The summed E-state index contributed by atoms with van der Waals surface area (Å²) in [7, 11) is 0. The summed E-state index contributed by atoms with van der Waals surface area (Å²) in [5, 5.41) is 8.69. The van der Waals surface area contributed by atoms with Gasteiger partial charge in [-0.25, -0.2) is 9.97 Å². The molecule has 0 radical (unpaired) electrons. The number of nitrogens with zero attached hydrogens (tertiary/aromatic N) is 6. The minimum atomic E-state index is 0.541. The van der Waals surface area contributed by atoms with Crippen molar-refractivity contribution in [3.63, 3.8) is 0 Å². The summed E-state index contributed by atoms with van der Waals surface area (Å²) < 4.78 is 18.6. The second kappa shape index (κ2) is 24.0. The lowest BCUT2D eigenvalue weighted by Gasteiger charge is -2.29. The van der Waals surface area contributed by atoms with E-state index in [1.165, 1.54) is 10.8 Å². The van der Waals surface area contributed by atoms with Crippen LogP contribution in [0, 0.1) is 0 Å². The van der Waals surface area contributed by atoms with Crippen molar-refractivity contribution in [3.05, 3.63) is 364 Å². The fraction of sp³-hybridized carbons (Fsp3) is 0. The molecule has 478 valence electrons. The predicted octanol–water partition coefficient (Wildman–Crippen LogP) is 25.7. The zero-order valence-electron chi connectivity index (χ0n) is 55.1. The zero-order valence-corrected chi connectivity index (χ0v) is 55.1. The van der Waals surface area contributed by atoms with Gasteiger partial charge in [-0.15, -0.1) is 0 Å². The summed E-state index contributed by atoms with van der Waals surface area (Å²) in [4.78, 5) is 15.5. The number of benzene rings is 16. The SMILES string of the molecule is c1ccc(-c2nc3c(ccc4cccc(N(c5ccc6c7cc(-c8cccc(-c9nc%10ccc%11cccc(N(c%12ccc%13c%14ccccc%14n(-c%14ccccc%14)c%13c%12)c%12ccccc%12-c%12ccccc%12)c%11c%10o9)c8)ccc7n(-c7ccccc7)c6c5)c5ccccc5-c5ccccc5)c43)o2)cc1. The normalized spacial score (nSPS) is 11.7. The van der Waals surface area contributed by atoms with E-state index in [0.29, 0.717) is 17.4 Å². The molecule has 8 heteroatoms. The number of hydrogen-bond acceptors (Lipinski definition) is 6. The molecule has 0 fully saturated rings. The molecule has 0 atom stereocenters. The first-order chi connectivity index (χ1) is 50.6. The second-order valence-electron chi connectivity index (χ2n) is 26.0. The molecular formula is C94H60N6O2. The van der Waals surface area contributed by atoms with Crippen LogP contribution in [0.1, 0.15) is 0 Å². The molecule has 0 saturated carbocycles. The van der Waals surface area contributed by atoms with Gasteiger partial charge in [0, 0.05) is 71.9 Å². The fourth-order valence-electron chi connectivity index (χ4n) is 15.5. The van der Waals surface area contributed by atoms with Gasteiger partial charge in [0.15, 0.2) is 11.2 Å². The van der Waals surface area contributed by atoms with Gasteiger partial charge >= 0.3 is 0 Å². The highest BCUT2D eigenvalue weighted by Crippen LogP contribution is 2.50. The van der Waals surface area contributed by atoms with Gasteiger partial charge in [0.05, 0.1) is 50.2 Å². The summed E-state index contributed by atoms with van der Waals surface area (Å²) in [6.07, 6.45) is 0. The van der Waals surface area contributed by atoms with Crippen LogP contribution < -0.4 is 9.80 Å². The van der Waals surface area contributed by atoms with Crippen molar-refractivity contribution in [2.24, 2.45) is 0 Å². The van der Waals surface area contributed by atoms with Crippen LogP contribution in [0.25, 0.3) is 155 Å². The quantitative estimate of drug-likeness (QED) is 0.115. The standard InChI is InChI=1S/C94H60N6O2/c1-6-25-61(26-7-1)73-39-16-19-42-80(73)99(84-45-23-31-63-49-56-88-91(89(63)84)96-93(101-88)65-29-10-3-11-30-65)71-51-53-77-78-58-67(48-55-83(78)98(87(77)60-71)70-37-14-5-15-38-70)66-33-22-34-68(57-66)94-95-79-54-47-64-32-24-46-85(90(64)92(79)102-94)100(81-43-20-17-40-74(81)62-27-8-2-9-28-62)72-50-52-76-75-41-18-21-44-82(75)97(86(76)59-72)69-35-12-4-13-36-69/h1-60H. The molecule has 4 aromatic heterocycles. The van der Waals surface area contributed by atoms with Crippen LogP contribution in [0.4, 0.5) is 34.1 Å². The van der Waals surface area contributed by atoms with E-state index in [9.17, 15) is 0 Å². The highest BCUT2D eigenvalue weighted by Gasteiger charge is 2.27. The average Bonchev–Trinajstić information content (AvgIpc) is 1.52. The molecular weight excluding hydrogens is 1250 g/mol. The Balaban J connectivity index is 0.732. The van der Waals surface area contributed by atoms with Gasteiger partial charge < -0.3 is 27.8 Å². The van der Waals surface area contributed by atoms with E-state index in [1.807, 2.05) is 36.4 Å². The molecule has 0 saturated heterocycles. The number of anilines is 6. The van der Waals surface area contributed by atoms with E-state index in [-0.39, 0.29) is 0 Å². The Kier molecular flexibility index (Phi) is 13.7. The topological polar surface area (TPSA) is 68.4 Å². The van der Waals surface area contributed by atoms with Crippen LogP contribution in [0.2, 0.25) is 0 Å². The maximum absolute atomic E-state index is 7.24. The molecule has 0 aliphatic heterocycles. The molecule has 4 heterocycles. The van der Waals surface area contributed by atoms with E-state index in [2.05, 4.69) is 347 Å². The largest absolute Gasteiger partial charge is 0.436 e. The number of rotatable bonds is 13. The molecule has 0 aliphatic rings. The van der Waals surface area contributed by atoms with Crippen molar-refractivity contribution in [3.8, 4) is 67.7 Å². The third kappa shape index (κ3) is 9.68. The Morgan fingerprint density at radius 1 is 0.265 bits per heavy atom. The van der Waals surface area contributed by atoms with Gasteiger partial charge in [-0.3, -0.25) is 0 Å². The van der Waals surface area contributed by atoms with Gasteiger partial charge in [-0.05, 0) is 160 Å². The Morgan fingerprint density at radius 2 is 0.725 bits per heavy atom. The molecule has 0 aliphatic carbocycles. The van der Waals surface area contributed by atoms with E-state index in [0.717, 1.165) is 161 Å². The van der Waals surface area contributed by atoms with Crippen molar-refractivity contribution >= 4 is 121 Å². The summed E-state index contributed by atoms with van der Waals surface area (Å²) in [6, 6.07) is 130. The number of aromatic nitrogens is 4. The van der Waals surface area contributed by atoms with Gasteiger partial charge in [-0.2, -0.15) is 0 Å². The highest BCUT2D eigenvalue weighted by atomic mass is 16.4. The Bertz CT molecular complexity index is 6640. The Morgan fingerprint density at radius 3 is 1.36 bits per heavy atom. The van der Waals surface area contributed by atoms with E-state index < -0.39 is 0 Å². The van der Waals surface area contributed by atoms with Crippen LogP contribution in [0.15, 0.2) is 373 Å². The number of fused-ring (bicyclic) bond motifs is 12. The summed E-state index contributed by atoms with van der Waals surface area (Å²) >= 11 is 0. The van der Waals surface area contributed by atoms with E-state index in [1.54, 1.807) is 0 Å². The molecule has 0 bridgehead atoms. The van der Waals surface area contributed by atoms with Gasteiger partial charge in [0.1, 0.15) is 11.0 Å². The first-order valence-corrected chi connectivity index (χ1v) is 34.5. The smallest absolute Gasteiger partial charge is 0.227 e. The molecule has 20 aromatic rings. The number of para-hydroxylation sites is 5. The number of hydrogen-bond donors (Lipinski definition) is 0. The summed E-state index contributed by atoms with van der Waals surface area (Å²) in [6.45, 7) is 0. The fourth-order valence-corrected chi connectivity index (χ4v) is 15.5. The predicted molar refractivity (Wildman–Crippen MR) is 422 cm³/mol. The molecule has 0 N–H and O–H groups in total. The van der Waals surface area contributed by atoms with Crippen LogP contribution in [-0.2, 0) is 0 Å². The maximum Gasteiger partial charge on any atom is 0.227 e. The van der Waals surface area contributed by atoms with Crippen LogP contribution >= 0.6 is 0 Å². The summed E-state index contributed by atoms with van der Waals surface area (Å²) in [5.74, 6) is 1.12. The molecule has 8 nitrogen and oxygen atoms in total. The Hall–Kier alpha value is -13.8. The van der Waals surface area contributed by atoms with Crippen molar-refractivity contribution in [1.82, 2.24) is 19.1 Å². The van der Waals surface area contributed by atoms with Gasteiger partial charge in [0.25, 0.3) is 0 Å². The van der Waals surface area contributed by atoms with Crippen LogP contribution in [-0.4, -0.2) is 19.1 Å². The zero-order chi connectivity index (χ0) is 67.2. The lowest BCUT2D eigenvalue weighted by Crippen LogP contribution is -2.12. The van der Waals surface area contributed by atoms with E-state index in [4.69, 9.17) is 18.8 Å². The third-order valence-corrected chi connectivity index (χ3v) is 20.1. The van der Waals surface area contributed by atoms with Gasteiger partial charge in [0.2, 0.25) is 11.8 Å². The highest BCUT2D eigenvalue weighted by molar-refractivity contribution is 6.17. The first kappa shape index (κ1) is 58.3.